The van der Waals surface area contributed by atoms with Crippen LogP contribution in [0.15, 0.2) is 23.0 Å². The summed E-state index contributed by atoms with van der Waals surface area (Å²) in [5, 5.41) is 28.2. The molecule has 0 unspecified atom stereocenters. The molecule has 0 aliphatic carbocycles. The van der Waals surface area contributed by atoms with E-state index in [4.69, 9.17) is 5.73 Å². The number of hydrogen-bond acceptors (Lipinski definition) is 5. The monoisotopic (exact) mass is 304 g/mol. The lowest BCUT2D eigenvalue weighted by Crippen LogP contribution is -2.24. The zero-order chi connectivity index (χ0) is 16.6. The molecule has 0 amide bonds. The predicted molar refractivity (Wildman–Crippen MR) is 77.2 cm³/mol. The number of nitrogens with one attached hydrogen (secondary N) is 1. The number of aryl methyl sites for hydroxylation is 1. The summed E-state index contributed by atoms with van der Waals surface area (Å²) in [4.78, 5) is 36.6. The minimum Gasteiger partial charge on any atom is -0.508 e. The first-order valence-corrected chi connectivity index (χ1v) is 6.06. The summed E-state index contributed by atoms with van der Waals surface area (Å²) in [6.45, 7) is 1.61. The molecule has 0 saturated heterocycles. The number of phenols is 1. The molecule has 0 bridgehead atoms. The number of aromatic carboxylic acids is 2. The van der Waals surface area contributed by atoms with Gasteiger partial charge in [-0.2, -0.15) is 0 Å². The summed E-state index contributed by atoms with van der Waals surface area (Å²) in [5.41, 5.74) is 3.41. The number of anilines is 1. The van der Waals surface area contributed by atoms with E-state index in [1.807, 2.05) is 4.98 Å². The smallest absolute Gasteiger partial charge is 0.342 e. The second kappa shape index (κ2) is 5.24. The molecule has 6 N–H and O–H groups in total. The number of aromatic nitrogens is 1. The first-order valence-electron chi connectivity index (χ1n) is 6.06. The van der Waals surface area contributed by atoms with Gasteiger partial charge in [-0.05, 0) is 24.1 Å². The number of H-pyrrole nitrogens is 1. The zero-order valence-electron chi connectivity index (χ0n) is 11.4. The van der Waals surface area contributed by atoms with Crippen LogP contribution in [0.3, 0.4) is 0 Å². The number of carboxylic acid groups (broad SMARTS) is 2. The van der Waals surface area contributed by atoms with E-state index in [-0.39, 0.29) is 16.9 Å². The first kappa shape index (κ1) is 15.1. The number of aromatic amines is 1. The molecule has 0 atom stereocenters. The van der Waals surface area contributed by atoms with Gasteiger partial charge in [0.1, 0.15) is 22.7 Å². The average molecular weight is 304 g/mol. The normalized spacial score (nSPS) is 10.4. The maximum atomic E-state index is 11.8. The van der Waals surface area contributed by atoms with E-state index in [1.165, 1.54) is 18.2 Å². The number of phenolic OH excluding ortho intramolecular Hbond substituents is 1. The Morgan fingerprint density at radius 2 is 1.73 bits per heavy atom. The fraction of sp³-hybridized carbons (Fsp3) is 0.0714. The predicted octanol–water partition coefficient (Wildman–Crippen LogP) is 1.03. The highest BCUT2D eigenvalue weighted by molar-refractivity contribution is 6.07. The summed E-state index contributed by atoms with van der Waals surface area (Å²) in [6.07, 6.45) is 0. The van der Waals surface area contributed by atoms with Gasteiger partial charge in [-0.25, -0.2) is 9.59 Å². The van der Waals surface area contributed by atoms with E-state index in [1.54, 1.807) is 6.92 Å². The minimum atomic E-state index is -1.60. The number of aromatic hydroxyl groups is 1. The Kier molecular flexibility index (Phi) is 3.60. The van der Waals surface area contributed by atoms with E-state index >= 15 is 0 Å². The molecule has 2 rings (SSSR count). The van der Waals surface area contributed by atoms with Crippen LogP contribution in [0, 0.1) is 6.92 Å². The number of carboxylic acids is 2. The van der Waals surface area contributed by atoms with Gasteiger partial charge in [0.05, 0.1) is 0 Å². The molecule has 1 aromatic carbocycles. The van der Waals surface area contributed by atoms with Gasteiger partial charge in [-0.1, -0.05) is 12.1 Å². The number of rotatable bonds is 3. The topological polar surface area (TPSA) is 154 Å². The summed E-state index contributed by atoms with van der Waals surface area (Å²) >= 11 is 0. The number of nitrogens with two attached hydrogens (primary N) is 1. The van der Waals surface area contributed by atoms with Crippen LogP contribution in [0.25, 0.3) is 11.1 Å². The highest BCUT2D eigenvalue weighted by Gasteiger charge is 2.26. The van der Waals surface area contributed by atoms with E-state index in [0.717, 1.165) is 0 Å². The number of nitrogen functional groups attached to an aromatic ring is 1. The molecule has 1 aromatic heterocycles. The third-order valence-electron chi connectivity index (χ3n) is 3.17. The molecule has 0 radical (unpaired) electrons. The molecular weight excluding hydrogens is 292 g/mol. The van der Waals surface area contributed by atoms with Crippen molar-refractivity contribution in [2.24, 2.45) is 0 Å². The number of pyridine rings is 1. The lowest BCUT2D eigenvalue weighted by molar-refractivity contribution is 0.0695. The van der Waals surface area contributed by atoms with E-state index in [0.29, 0.717) is 5.56 Å². The second-order valence-corrected chi connectivity index (χ2v) is 4.60. The van der Waals surface area contributed by atoms with Crippen molar-refractivity contribution in [3.8, 4) is 16.9 Å². The summed E-state index contributed by atoms with van der Waals surface area (Å²) in [5.74, 6) is -3.72. The molecule has 114 valence electrons. The third-order valence-corrected chi connectivity index (χ3v) is 3.17. The molecule has 1 heterocycles. The van der Waals surface area contributed by atoms with Crippen molar-refractivity contribution in [3.63, 3.8) is 0 Å². The fourth-order valence-electron chi connectivity index (χ4n) is 2.10. The molecule has 0 spiro atoms. The molecule has 0 saturated carbocycles. The van der Waals surface area contributed by atoms with Crippen molar-refractivity contribution < 1.29 is 24.9 Å². The van der Waals surface area contributed by atoms with E-state index in [2.05, 4.69) is 0 Å². The van der Waals surface area contributed by atoms with Crippen molar-refractivity contribution >= 4 is 17.8 Å². The first-order chi connectivity index (χ1) is 10.2. The molecule has 0 aliphatic heterocycles. The average Bonchev–Trinajstić information content (AvgIpc) is 2.39. The van der Waals surface area contributed by atoms with Crippen molar-refractivity contribution in [2.45, 2.75) is 6.92 Å². The summed E-state index contributed by atoms with van der Waals surface area (Å²) in [6, 6.07) is 4.06. The Labute approximate surface area is 123 Å². The molecule has 0 aliphatic rings. The molecular formula is C14H12N2O6. The lowest BCUT2D eigenvalue weighted by Gasteiger charge is -2.12. The Morgan fingerprint density at radius 3 is 2.23 bits per heavy atom. The fourth-order valence-corrected chi connectivity index (χ4v) is 2.10. The summed E-state index contributed by atoms with van der Waals surface area (Å²) < 4.78 is 0. The quantitative estimate of drug-likeness (QED) is 0.567. The van der Waals surface area contributed by atoms with Crippen LogP contribution >= 0.6 is 0 Å². The van der Waals surface area contributed by atoms with Crippen LogP contribution in [0.1, 0.15) is 26.3 Å². The van der Waals surface area contributed by atoms with Crippen molar-refractivity contribution in [3.05, 3.63) is 45.2 Å². The summed E-state index contributed by atoms with van der Waals surface area (Å²) in [7, 11) is 0. The molecule has 8 heteroatoms. The van der Waals surface area contributed by atoms with Crippen molar-refractivity contribution in [1.82, 2.24) is 4.98 Å². The highest BCUT2D eigenvalue weighted by Crippen LogP contribution is 2.32. The van der Waals surface area contributed by atoms with Gasteiger partial charge in [0, 0.05) is 5.56 Å². The van der Waals surface area contributed by atoms with Gasteiger partial charge in [-0.3, -0.25) is 4.79 Å². The standard InChI is InChI=1S/C14H12N2O6/c1-5-2-3-6(4-7(5)17)8-9(13(19)20)11(15)16-12(18)10(8)14(21)22/h2-4,17H,1H3,(H,19,20)(H,21,22)(H3,15,16,18). The van der Waals surface area contributed by atoms with Gasteiger partial charge in [0.25, 0.3) is 5.56 Å². The minimum absolute atomic E-state index is 0.0655. The van der Waals surface area contributed by atoms with Crippen LogP contribution in [0.2, 0.25) is 0 Å². The van der Waals surface area contributed by atoms with Gasteiger partial charge in [-0.15, -0.1) is 0 Å². The Hall–Kier alpha value is -3.29. The Bertz CT molecular complexity index is 853. The van der Waals surface area contributed by atoms with Crippen LogP contribution < -0.4 is 11.3 Å². The van der Waals surface area contributed by atoms with E-state index in [9.17, 15) is 29.7 Å². The number of hydrogen-bond donors (Lipinski definition) is 5. The zero-order valence-corrected chi connectivity index (χ0v) is 11.4. The maximum absolute atomic E-state index is 11.8. The van der Waals surface area contributed by atoms with Crippen LogP contribution in [0.4, 0.5) is 5.82 Å². The molecule has 8 nitrogen and oxygen atoms in total. The Morgan fingerprint density at radius 1 is 1.14 bits per heavy atom. The second-order valence-electron chi connectivity index (χ2n) is 4.60. The highest BCUT2D eigenvalue weighted by atomic mass is 16.4. The van der Waals surface area contributed by atoms with Gasteiger partial charge in [0.15, 0.2) is 0 Å². The SMILES string of the molecule is Cc1ccc(-c2c(C(=O)O)c(N)[nH]c(=O)c2C(=O)O)cc1O. The van der Waals surface area contributed by atoms with Gasteiger partial charge >= 0.3 is 11.9 Å². The maximum Gasteiger partial charge on any atom is 0.342 e. The van der Waals surface area contributed by atoms with Crippen LogP contribution in [-0.4, -0.2) is 32.2 Å². The largest absolute Gasteiger partial charge is 0.508 e. The number of benzene rings is 1. The van der Waals surface area contributed by atoms with Gasteiger partial charge in [0.2, 0.25) is 0 Å². The molecule has 2 aromatic rings. The van der Waals surface area contributed by atoms with Crippen LogP contribution in [0.5, 0.6) is 5.75 Å². The van der Waals surface area contributed by atoms with Crippen molar-refractivity contribution in [2.75, 3.05) is 5.73 Å². The van der Waals surface area contributed by atoms with Gasteiger partial charge < -0.3 is 26.0 Å². The molecule has 22 heavy (non-hydrogen) atoms. The van der Waals surface area contributed by atoms with E-state index < -0.39 is 34.4 Å². The van der Waals surface area contributed by atoms with Crippen molar-refractivity contribution in [1.29, 1.82) is 0 Å². The van der Waals surface area contributed by atoms with Crippen LogP contribution in [-0.2, 0) is 0 Å². The molecule has 0 fully saturated rings. The Balaban J connectivity index is 2.98. The third kappa shape index (κ3) is 2.37. The number of carbonyl (C=O) groups is 2. The lowest BCUT2D eigenvalue weighted by atomic mass is 9.94.